The van der Waals surface area contributed by atoms with Crippen molar-refractivity contribution in [2.24, 2.45) is 5.92 Å². The van der Waals surface area contributed by atoms with E-state index in [-0.39, 0.29) is 17.9 Å². The van der Waals surface area contributed by atoms with Crippen LogP contribution in [0.2, 0.25) is 0 Å². The third kappa shape index (κ3) is 4.94. The fourth-order valence-corrected chi connectivity index (χ4v) is 4.01. The molecular formula is C21H31N5O2. The number of nitrogens with one attached hydrogen (secondary N) is 2. The molecule has 7 heteroatoms. The van der Waals surface area contributed by atoms with Crippen molar-refractivity contribution in [2.45, 2.75) is 57.5 Å². The van der Waals surface area contributed by atoms with Gasteiger partial charge in [-0.15, -0.1) is 0 Å². The molecule has 0 spiro atoms. The van der Waals surface area contributed by atoms with Crippen molar-refractivity contribution in [1.82, 2.24) is 20.5 Å². The van der Waals surface area contributed by atoms with Crippen LogP contribution in [0.15, 0.2) is 18.3 Å². The van der Waals surface area contributed by atoms with Crippen LogP contribution in [0, 0.1) is 5.92 Å². The Bertz CT molecular complexity index is 675. The van der Waals surface area contributed by atoms with Crippen LogP contribution in [0.5, 0.6) is 0 Å². The molecule has 7 nitrogen and oxygen atoms in total. The zero-order chi connectivity index (χ0) is 19.3. The number of rotatable bonds is 5. The summed E-state index contributed by atoms with van der Waals surface area (Å²) in [5.41, 5.74) is 1.01. The zero-order valence-electron chi connectivity index (χ0n) is 16.5. The summed E-state index contributed by atoms with van der Waals surface area (Å²) in [5.74, 6) is 1.25. The van der Waals surface area contributed by atoms with Crippen LogP contribution < -0.4 is 15.5 Å². The Morgan fingerprint density at radius 1 is 1.00 bits per heavy atom. The van der Waals surface area contributed by atoms with Crippen LogP contribution in [0.25, 0.3) is 0 Å². The molecule has 1 aliphatic carbocycles. The summed E-state index contributed by atoms with van der Waals surface area (Å²) in [6, 6.07) is 4.45. The molecule has 1 aromatic heterocycles. The summed E-state index contributed by atoms with van der Waals surface area (Å²) < 4.78 is 0. The van der Waals surface area contributed by atoms with E-state index in [4.69, 9.17) is 0 Å². The Balaban J connectivity index is 1.19. The van der Waals surface area contributed by atoms with Gasteiger partial charge in [0, 0.05) is 50.9 Å². The molecule has 28 heavy (non-hydrogen) atoms. The first-order chi connectivity index (χ1) is 13.7. The van der Waals surface area contributed by atoms with Gasteiger partial charge >= 0.3 is 6.03 Å². The number of anilines is 1. The van der Waals surface area contributed by atoms with Gasteiger partial charge in [0.15, 0.2) is 0 Å². The fourth-order valence-electron chi connectivity index (χ4n) is 4.01. The lowest BCUT2D eigenvalue weighted by Gasteiger charge is -2.31. The van der Waals surface area contributed by atoms with Crippen molar-refractivity contribution >= 4 is 17.8 Å². The van der Waals surface area contributed by atoms with Crippen LogP contribution in [-0.2, 0) is 11.3 Å². The fraction of sp³-hybridized carbons (Fsp3) is 0.667. The Morgan fingerprint density at radius 3 is 2.39 bits per heavy atom. The highest BCUT2D eigenvalue weighted by molar-refractivity contribution is 5.80. The van der Waals surface area contributed by atoms with Crippen molar-refractivity contribution in [2.75, 3.05) is 31.1 Å². The zero-order valence-corrected chi connectivity index (χ0v) is 16.5. The van der Waals surface area contributed by atoms with Crippen molar-refractivity contribution in [1.29, 1.82) is 0 Å². The van der Waals surface area contributed by atoms with Gasteiger partial charge < -0.3 is 20.4 Å². The molecule has 0 bridgehead atoms. The highest BCUT2D eigenvalue weighted by Gasteiger charge is 2.31. The molecule has 0 atom stereocenters. The van der Waals surface area contributed by atoms with E-state index in [2.05, 4.69) is 26.6 Å². The number of aromatic nitrogens is 1. The SMILES string of the molecule is O=C(NC1CC1)C1CCN(C(=O)NCc2ccc(N3CCCCC3)nc2)CC1. The molecule has 1 saturated carbocycles. The number of carbonyl (C=O) groups excluding carboxylic acids is 2. The molecule has 0 radical (unpaired) electrons. The van der Waals surface area contributed by atoms with Gasteiger partial charge in [-0.1, -0.05) is 6.07 Å². The van der Waals surface area contributed by atoms with E-state index < -0.39 is 0 Å². The molecule has 3 fully saturated rings. The lowest BCUT2D eigenvalue weighted by atomic mass is 9.96. The minimum atomic E-state index is -0.0545. The molecule has 3 aliphatic rings. The number of likely N-dealkylation sites (tertiary alicyclic amines) is 1. The maximum absolute atomic E-state index is 12.4. The Labute approximate surface area is 166 Å². The third-order valence-electron chi connectivity index (χ3n) is 6.01. The van der Waals surface area contributed by atoms with Crippen molar-refractivity contribution < 1.29 is 9.59 Å². The van der Waals surface area contributed by atoms with Gasteiger partial charge in [-0.3, -0.25) is 4.79 Å². The molecule has 2 saturated heterocycles. The van der Waals surface area contributed by atoms with Crippen molar-refractivity contribution in [3.63, 3.8) is 0 Å². The van der Waals surface area contributed by atoms with Crippen LogP contribution >= 0.6 is 0 Å². The highest BCUT2D eigenvalue weighted by Crippen LogP contribution is 2.23. The second kappa shape index (κ2) is 8.80. The molecular weight excluding hydrogens is 354 g/mol. The molecule has 152 valence electrons. The lowest BCUT2D eigenvalue weighted by molar-refractivity contribution is -0.126. The first-order valence-corrected chi connectivity index (χ1v) is 10.7. The molecule has 1 aromatic rings. The minimum absolute atomic E-state index is 0.0520. The van der Waals surface area contributed by atoms with Crippen LogP contribution in [0.1, 0.15) is 50.5 Å². The Kier molecular flexibility index (Phi) is 5.98. The number of hydrogen-bond donors (Lipinski definition) is 2. The van der Waals surface area contributed by atoms with Gasteiger partial charge in [0.1, 0.15) is 5.82 Å². The predicted octanol–water partition coefficient (Wildman–Crippen LogP) is 2.27. The molecule has 0 unspecified atom stereocenters. The Hall–Kier alpha value is -2.31. The average molecular weight is 386 g/mol. The van der Waals surface area contributed by atoms with Crippen molar-refractivity contribution in [3.8, 4) is 0 Å². The second-order valence-electron chi connectivity index (χ2n) is 8.28. The summed E-state index contributed by atoms with van der Waals surface area (Å²) in [6.45, 7) is 3.92. The summed E-state index contributed by atoms with van der Waals surface area (Å²) >= 11 is 0. The summed E-state index contributed by atoms with van der Waals surface area (Å²) in [6.07, 6.45) is 9.36. The van der Waals surface area contributed by atoms with Crippen LogP contribution in [0.3, 0.4) is 0 Å². The van der Waals surface area contributed by atoms with E-state index in [0.717, 1.165) is 50.2 Å². The highest BCUT2D eigenvalue weighted by atomic mass is 16.2. The van der Waals surface area contributed by atoms with Gasteiger partial charge in [0.25, 0.3) is 0 Å². The van der Waals surface area contributed by atoms with Crippen LogP contribution in [-0.4, -0.2) is 54.0 Å². The first-order valence-electron chi connectivity index (χ1n) is 10.7. The molecule has 3 amide bonds. The van der Waals surface area contributed by atoms with Gasteiger partial charge in [0.05, 0.1) is 0 Å². The average Bonchev–Trinajstić information content (AvgIpc) is 3.57. The van der Waals surface area contributed by atoms with E-state index in [0.29, 0.717) is 25.7 Å². The lowest BCUT2D eigenvalue weighted by Crippen LogP contribution is -2.47. The monoisotopic (exact) mass is 385 g/mol. The summed E-state index contributed by atoms with van der Waals surface area (Å²) in [7, 11) is 0. The number of amides is 3. The molecule has 0 aromatic carbocycles. The normalized spacial score (nSPS) is 20.7. The number of carbonyl (C=O) groups is 2. The van der Waals surface area contributed by atoms with Gasteiger partial charge in [-0.25, -0.2) is 9.78 Å². The van der Waals surface area contributed by atoms with E-state index in [9.17, 15) is 9.59 Å². The number of hydrogen-bond acceptors (Lipinski definition) is 4. The molecule has 4 rings (SSSR count). The van der Waals surface area contributed by atoms with E-state index in [1.165, 1.54) is 19.3 Å². The molecule has 3 heterocycles. The smallest absolute Gasteiger partial charge is 0.317 e. The number of piperidine rings is 2. The minimum Gasteiger partial charge on any atom is -0.357 e. The molecule has 2 N–H and O–H groups in total. The second-order valence-corrected chi connectivity index (χ2v) is 8.28. The first kappa shape index (κ1) is 19.0. The van der Waals surface area contributed by atoms with Gasteiger partial charge in [0.2, 0.25) is 5.91 Å². The van der Waals surface area contributed by atoms with Crippen LogP contribution in [0.4, 0.5) is 10.6 Å². The van der Waals surface area contributed by atoms with Gasteiger partial charge in [-0.05, 0) is 56.6 Å². The standard InChI is InChI=1S/C21H31N5O2/c27-20(24-18-5-6-18)17-8-12-26(13-9-17)21(28)23-15-16-4-7-19(22-14-16)25-10-2-1-3-11-25/h4,7,14,17-18H,1-3,5-6,8-13,15H2,(H,23,28)(H,24,27). The van der Waals surface area contributed by atoms with Crippen molar-refractivity contribution in [3.05, 3.63) is 23.9 Å². The topological polar surface area (TPSA) is 77.6 Å². The summed E-state index contributed by atoms with van der Waals surface area (Å²) in [4.78, 5) is 33.3. The van der Waals surface area contributed by atoms with E-state index >= 15 is 0 Å². The number of pyridine rings is 1. The van der Waals surface area contributed by atoms with E-state index in [1.54, 1.807) is 0 Å². The quantitative estimate of drug-likeness (QED) is 0.815. The Morgan fingerprint density at radius 2 is 1.75 bits per heavy atom. The molecule has 2 aliphatic heterocycles. The largest absolute Gasteiger partial charge is 0.357 e. The maximum atomic E-state index is 12.4. The maximum Gasteiger partial charge on any atom is 0.317 e. The number of nitrogens with zero attached hydrogens (tertiary/aromatic N) is 3. The third-order valence-corrected chi connectivity index (χ3v) is 6.01. The summed E-state index contributed by atoms with van der Waals surface area (Å²) in [5, 5.41) is 6.06. The predicted molar refractivity (Wildman–Crippen MR) is 108 cm³/mol. The number of urea groups is 1. The van der Waals surface area contributed by atoms with E-state index in [1.807, 2.05) is 17.2 Å². The van der Waals surface area contributed by atoms with Gasteiger partial charge in [-0.2, -0.15) is 0 Å².